The largest absolute Gasteiger partial charge is 0.329 e. The zero-order valence-corrected chi connectivity index (χ0v) is 12.6. The molecule has 2 aromatic rings. The van der Waals surface area contributed by atoms with Crippen LogP contribution in [0.15, 0.2) is 18.2 Å². The smallest absolute Gasteiger partial charge is 0.197 e. The maximum absolute atomic E-state index is 9.10. The fourth-order valence-electron chi connectivity index (χ4n) is 3.19. The molecular formula is C15H18N4S. The monoisotopic (exact) mass is 286 g/mol. The maximum atomic E-state index is 9.10. The summed E-state index contributed by atoms with van der Waals surface area (Å²) in [5.74, 6) is 0. The van der Waals surface area contributed by atoms with E-state index in [1.54, 1.807) is 0 Å². The van der Waals surface area contributed by atoms with Crippen LogP contribution >= 0.6 is 12.2 Å². The highest BCUT2D eigenvalue weighted by Crippen LogP contribution is 2.25. The van der Waals surface area contributed by atoms with Gasteiger partial charge in [-0.05, 0) is 63.5 Å². The van der Waals surface area contributed by atoms with Gasteiger partial charge in [0.15, 0.2) is 4.77 Å². The molecule has 104 valence electrons. The predicted molar refractivity (Wildman–Crippen MR) is 82.8 cm³/mol. The van der Waals surface area contributed by atoms with Gasteiger partial charge in [0.25, 0.3) is 0 Å². The van der Waals surface area contributed by atoms with Gasteiger partial charge in [-0.25, -0.2) is 4.68 Å². The summed E-state index contributed by atoms with van der Waals surface area (Å²) in [7, 11) is 0. The van der Waals surface area contributed by atoms with Crippen molar-refractivity contribution >= 4 is 23.3 Å². The lowest BCUT2D eigenvalue weighted by atomic mass is 10.00. The maximum Gasteiger partial charge on any atom is 0.197 e. The van der Waals surface area contributed by atoms with Gasteiger partial charge in [-0.15, -0.1) is 0 Å². The zero-order valence-electron chi connectivity index (χ0n) is 11.8. The van der Waals surface area contributed by atoms with Gasteiger partial charge in [-0.2, -0.15) is 5.26 Å². The molecule has 1 aromatic carbocycles. The number of hydrogen-bond donors (Lipinski definition) is 1. The molecule has 3 rings (SSSR count). The Kier molecular flexibility index (Phi) is 3.27. The SMILES string of the molecule is CC1CCCC(C)N1n1c(=S)[nH]c2ccc(C#N)cc21. The van der Waals surface area contributed by atoms with Gasteiger partial charge >= 0.3 is 0 Å². The van der Waals surface area contributed by atoms with Crippen LogP contribution in [0, 0.1) is 16.1 Å². The van der Waals surface area contributed by atoms with Crippen LogP contribution in [0.2, 0.25) is 0 Å². The van der Waals surface area contributed by atoms with Crippen LogP contribution in [0.25, 0.3) is 11.0 Å². The molecule has 0 bridgehead atoms. The van der Waals surface area contributed by atoms with Crippen molar-refractivity contribution in [3.63, 3.8) is 0 Å². The first-order valence-electron chi connectivity index (χ1n) is 7.05. The Balaban J connectivity index is 2.22. The molecule has 2 unspecified atom stereocenters. The number of rotatable bonds is 1. The first kappa shape index (κ1) is 13.2. The van der Waals surface area contributed by atoms with Gasteiger partial charge in [0.1, 0.15) is 0 Å². The first-order chi connectivity index (χ1) is 9.61. The molecule has 1 saturated heterocycles. The minimum absolute atomic E-state index is 0.454. The fourth-order valence-corrected chi connectivity index (χ4v) is 3.49. The van der Waals surface area contributed by atoms with Gasteiger partial charge in [-0.3, -0.25) is 0 Å². The zero-order chi connectivity index (χ0) is 14.3. The van der Waals surface area contributed by atoms with Gasteiger partial charge in [0.2, 0.25) is 0 Å². The van der Waals surface area contributed by atoms with Crippen LogP contribution in [-0.4, -0.2) is 21.7 Å². The normalized spacial score (nSPS) is 22.9. The van der Waals surface area contributed by atoms with Crippen LogP contribution in [0.5, 0.6) is 0 Å². The first-order valence-corrected chi connectivity index (χ1v) is 7.46. The summed E-state index contributed by atoms with van der Waals surface area (Å²) < 4.78 is 2.79. The molecule has 2 heterocycles. The van der Waals surface area contributed by atoms with Crippen molar-refractivity contribution in [3.8, 4) is 6.07 Å². The molecule has 1 aromatic heterocycles. The van der Waals surface area contributed by atoms with E-state index in [2.05, 4.69) is 34.6 Å². The summed E-state index contributed by atoms with van der Waals surface area (Å²) in [5.41, 5.74) is 2.64. The minimum Gasteiger partial charge on any atom is -0.329 e. The average Bonchev–Trinajstić information content (AvgIpc) is 2.74. The van der Waals surface area contributed by atoms with Crippen molar-refractivity contribution in [2.45, 2.75) is 45.2 Å². The number of benzene rings is 1. The highest BCUT2D eigenvalue weighted by atomic mass is 32.1. The van der Waals surface area contributed by atoms with E-state index in [0.29, 0.717) is 22.4 Å². The third-order valence-electron chi connectivity index (χ3n) is 4.17. The van der Waals surface area contributed by atoms with Crippen molar-refractivity contribution in [2.24, 2.45) is 0 Å². The van der Waals surface area contributed by atoms with Gasteiger partial charge in [0, 0.05) is 12.1 Å². The van der Waals surface area contributed by atoms with E-state index in [0.717, 1.165) is 11.0 Å². The molecular weight excluding hydrogens is 268 g/mol. The second-order valence-electron chi connectivity index (χ2n) is 5.59. The van der Waals surface area contributed by atoms with E-state index < -0.39 is 0 Å². The van der Waals surface area contributed by atoms with Crippen molar-refractivity contribution in [3.05, 3.63) is 28.5 Å². The summed E-state index contributed by atoms with van der Waals surface area (Å²) in [4.78, 5) is 3.24. The molecule has 1 fully saturated rings. The molecule has 20 heavy (non-hydrogen) atoms. The summed E-state index contributed by atoms with van der Waals surface area (Å²) in [6.07, 6.45) is 3.62. The van der Waals surface area contributed by atoms with E-state index >= 15 is 0 Å². The standard InChI is InChI=1S/C15H18N4S/c1-10-4-3-5-11(2)18(10)19-14-8-12(9-16)6-7-13(14)17-15(19)20/h6-8,10-11H,3-5H2,1-2H3,(H,17,20). The molecule has 1 N–H and O–H groups in total. The lowest BCUT2D eigenvalue weighted by Crippen LogP contribution is -2.51. The molecule has 0 amide bonds. The third-order valence-corrected chi connectivity index (χ3v) is 4.44. The number of aromatic amines is 1. The second kappa shape index (κ2) is 4.95. The van der Waals surface area contributed by atoms with Gasteiger partial charge in [-0.1, -0.05) is 0 Å². The lowest BCUT2D eigenvalue weighted by molar-refractivity contribution is 0.339. The van der Waals surface area contributed by atoms with Crippen LogP contribution in [0.3, 0.4) is 0 Å². The van der Waals surface area contributed by atoms with E-state index in [1.165, 1.54) is 19.3 Å². The summed E-state index contributed by atoms with van der Waals surface area (Å²) >= 11 is 5.50. The lowest BCUT2D eigenvalue weighted by Gasteiger charge is -2.41. The number of H-pyrrole nitrogens is 1. The average molecular weight is 286 g/mol. The Hall–Kier alpha value is -1.80. The number of piperidine rings is 1. The number of nitrogens with zero attached hydrogens (tertiary/aromatic N) is 3. The van der Waals surface area contributed by atoms with E-state index in [1.807, 2.05) is 18.2 Å². The Morgan fingerprint density at radius 2 is 2.00 bits per heavy atom. The third kappa shape index (κ3) is 2.01. The summed E-state index contributed by atoms with van der Waals surface area (Å²) in [5, 5.41) is 11.5. The number of aromatic nitrogens is 2. The van der Waals surface area contributed by atoms with Crippen molar-refractivity contribution < 1.29 is 0 Å². The molecule has 0 aliphatic carbocycles. The Morgan fingerprint density at radius 1 is 1.30 bits per heavy atom. The number of imidazole rings is 1. The number of hydrogen-bond acceptors (Lipinski definition) is 3. The second-order valence-corrected chi connectivity index (χ2v) is 5.98. The predicted octanol–water partition coefficient (Wildman–Crippen LogP) is 3.47. The molecule has 4 nitrogen and oxygen atoms in total. The topological polar surface area (TPSA) is 47.8 Å². The quantitative estimate of drug-likeness (QED) is 0.817. The Bertz CT molecular complexity index is 726. The molecule has 0 radical (unpaired) electrons. The Morgan fingerprint density at radius 3 is 2.65 bits per heavy atom. The van der Waals surface area contributed by atoms with Gasteiger partial charge in [0.05, 0.1) is 22.7 Å². The van der Waals surface area contributed by atoms with E-state index in [9.17, 15) is 0 Å². The van der Waals surface area contributed by atoms with Gasteiger partial charge < -0.3 is 9.99 Å². The highest BCUT2D eigenvalue weighted by Gasteiger charge is 2.26. The van der Waals surface area contributed by atoms with Crippen molar-refractivity contribution in [1.82, 2.24) is 9.66 Å². The van der Waals surface area contributed by atoms with Crippen LogP contribution in [0.1, 0.15) is 38.7 Å². The molecule has 0 spiro atoms. The summed E-state index contributed by atoms with van der Waals surface area (Å²) in [6, 6.07) is 8.77. The minimum atomic E-state index is 0.454. The number of nitrogens with one attached hydrogen (secondary N) is 1. The van der Waals surface area contributed by atoms with Crippen LogP contribution in [0.4, 0.5) is 0 Å². The highest BCUT2D eigenvalue weighted by molar-refractivity contribution is 7.71. The molecule has 1 aliphatic heterocycles. The van der Waals surface area contributed by atoms with Crippen LogP contribution < -0.4 is 5.01 Å². The number of fused-ring (bicyclic) bond motifs is 1. The fraction of sp³-hybridized carbons (Fsp3) is 0.467. The summed E-state index contributed by atoms with van der Waals surface area (Å²) in [6.45, 7) is 4.48. The van der Waals surface area contributed by atoms with Crippen LogP contribution in [-0.2, 0) is 0 Å². The molecule has 1 aliphatic rings. The van der Waals surface area contributed by atoms with Crippen molar-refractivity contribution in [1.29, 1.82) is 5.26 Å². The van der Waals surface area contributed by atoms with E-state index in [4.69, 9.17) is 17.5 Å². The van der Waals surface area contributed by atoms with Crippen molar-refractivity contribution in [2.75, 3.05) is 5.01 Å². The van der Waals surface area contributed by atoms with E-state index in [-0.39, 0.29) is 0 Å². The number of nitriles is 1. The Labute approximate surface area is 123 Å². The molecule has 5 heteroatoms. The molecule has 2 atom stereocenters. The molecule has 0 saturated carbocycles.